The lowest BCUT2D eigenvalue weighted by Gasteiger charge is -2.39. The Hall–Kier alpha value is -2.73. The van der Waals surface area contributed by atoms with Gasteiger partial charge in [-0.25, -0.2) is 0 Å². The van der Waals surface area contributed by atoms with Crippen molar-refractivity contribution in [2.45, 2.75) is 19.5 Å². The molecule has 3 rings (SSSR count). The maximum atomic E-state index is 5.29. The monoisotopic (exact) mass is 395 g/mol. The second-order valence-corrected chi connectivity index (χ2v) is 7.37. The molecule has 29 heavy (non-hydrogen) atoms. The number of para-hydroxylation sites is 1. The molecule has 0 amide bonds. The molecule has 0 aliphatic carbocycles. The molecule has 2 aromatic rings. The minimum Gasteiger partial charge on any atom is -0.497 e. The third-order valence-electron chi connectivity index (χ3n) is 5.44. The zero-order valence-electron chi connectivity index (χ0n) is 17.8. The Morgan fingerprint density at radius 1 is 1.03 bits per heavy atom. The van der Waals surface area contributed by atoms with Crippen molar-refractivity contribution in [3.63, 3.8) is 0 Å². The lowest BCUT2D eigenvalue weighted by molar-refractivity contribution is 0.197. The molecule has 1 saturated heterocycles. The van der Waals surface area contributed by atoms with Crippen molar-refractivity contribution < 1.29 is 4.74 Å². The molecule has 2 aromatic carbocycles. The molecule has 156 valence electrons. The van der Waals surface area contributed by atoms with Gasteiger partial charge >= 0.3 is 0 Å². The predicted molar refractivity (Wildman–Crippen MR) is 121 cm³/mol. The van der Waals surface area contributed by atoms with Gasteiger partial charge in [0.25, 0.3) is 0 Å². The van der Waals surface area contributed by atoms with E-state index in [1.54, 1.807) is 7.11 Å². The van der Waals surface area contributed by atoms with Crippen LogP contribution in [-0.2, 0) is 6.54 Å². The number of rotatable bonds is 7. The molecule has 1 aliphatic rings. The van der Waals surface area contributed by atoms with E-state index in [9.17, 15) is 0 Å². The summed E-state index contributed by atoms with van der Waals surface area (Å²) in [6.07, 6.45) is 0. The van der Waals surface area contributed by atoms with Gasteiger partial charge in [0.2, 0.25) is 0 Å². The predicted octanol–water partition coefficient (Wildman–Crippen LogP) is 2.57. The molecule has 1 heterocycles. The number of nitrogens with zero attached hydrogens (tertiary/aromatic N) is 3. The largest absolute Gasteiger partial charge is 0.497 e. The highest BCUT2D eigenvalue weighted by Crippen LogP contribution is 2.16. The first kappa shape index (κ1) is 21.0. The van der Waals surface area contributed by atoms with E-state index >= 15 is 0 Å². The topological polar surface area (TPSA) is 52.1 Å². The summed E-state index contributed by atoms with van der Waals surface area (Å²) in [5.41, 5.74) is 2.48. The Morgan fingerprint density at radius 3 is 2.48 bits per heavy atom. The van der Waals surface area contributed by atoms with Crippen LogP contribution in [-0.4, -0.2) is 63.8 Å². The number of anilines is 1. The molecule has 0 spiro atoms. The van der Waals surface area contributed by atoms with Crippen LogP contribution in [0.5, 0.6) is 5.75 Å². The fourth-order valence-electron chi connectivity index (χ4n) is 3.62. The number of aliphatic imine (C=N–C) groups is 1. The van der Waals surface area contributed by atoms with E-state index in [4.69, 9.17) is 4.74 Å². The van der Waals surface area contributed by atoms with Gasteiger partial charge in [-0.2, -0.15) is 0 Å². The second kappa shape index (κ2) is 10.7. The van der Waals surface area contributed by atoms with Crippen molar-refractivity contribution in [3.8, 4) is 5.75 Å². The van der Waals surface area contributed by atoms with E-state index in [1.807, 2.05) is 25.2 Å². The fourth-order valence-corrected chi connectivity index (χ4v) is 3.62. The first-order valence-electron chi connectivity index (χ1n) is 10.3. The fraction of sp³-hybridized carbons (Fsp3) is 0.435. The molecule has 0 saturated carbocycles. The van der Waals surface area contributed by atoms with Crippen LogP contribution in [0.3, 0.4) is 0 Å². The van der Waals surface area contributed by atoms with Gasteiger partial charge in [0.05, 0.1) is 7.11 Å². The summed E-state index contributed by atoms with van der Waals surface area (Å²) in [4.78, 5) is 9.36. The minimum atomic E-state index is 0.447. The van der Waals surface area contributed by atoms with Crippen molar-refractivity contribution in [2.75, 3.05) is 51.8 Å². The number of hydrogen-bond acceptors (Lipinski definition) is 4. The molecular formula is C23H33N5O. The van der Waals surface area contributed by atoms with Gasteiger partial charge in [-0.1, -0.05) is 30.3 Å². The molecular weight excluding hydrogens is 362 g/mol. The first-order valence-corrected chi connectivity index (χ1v) is 10.3. The van der Waals surface area contributed by atoms with Gasteiger partial charge in [0, 0.05) is 58.0 Å². The van der Waals surface area contributed by atoms with Crippen LogP contribution in [0.2, 0.25) is 0 Å². The highest BCUT2D eigenvalue weighted by atomic mass is 16.5. The Labute approximate surface area is 174 Å². The number of piperazine rings is 1. The van der Waals surface area contributed by atoms with Crippen molar-refractivity contribution in [1.82, 2.24) is 15.5 Å². The van der Waals surface area contributed by atoms with Crippen LogP contribution in [0.4, 0.5) is 5.69 Å². The summed E-state index contributed by atoms with van der Waals surface area (Å²) in [5.74, 6) is 1.69. The van der Waals surface area contributed by atoms with Crippen LogP contribution in [0.25, 0.3) is 0 Å². The molecule has 6 nitrogen and oxygen atoms in total. The average molecular weight is 396 g/mol. The maximum absolute atomic E-state index is 5.29. The Kier molecular flexibility index (Phi) is 7.76. The SMILES string of the molecule is CN=C(NCc1cccc(OC)c1)NCC(C)N1CCN(c2ccccc2)CC1. The summed E-state index contributed by atoms with van der Waals surface area (Å²) < 4.78 is 5.29. The molecule has 2 N–H and O–H groups in total. The zero-order chi connectivity index (χ0) is 20.5. The van der Waals surface area contributed by atoms with Gasteiger partial charge in [0.15, 0.2) is 5.96 Å². The van der Waals surface area contributed by atoms with Gasteiger partial charge < -0.3 is 20.3 Å². The summed E-state index contributed by atoms with van der Waals surface area (Å²) in [6, 6.07) is 19.2. The number of hydrogen-bond donors (Lipinski definition) is 2. The highest BCUT2D eigenvalue weighted by Gasteiger charge is 2.21. The van der Waals surface area contributed by atoms with Gasteiger partial charge in [-0.15, -0.1) is 0 Å². The van der Waals surface area contributed by atoms with Gasteiger partial charge in [0.1, 0.15) is 5.75 Å². The van der Waals surface area contributed by atoms with Crippen LogP contribution < -0.4 is 20.3 Å². The van der Waals surface area contributed by atoms with E-state index in [2.05, 4.69) is 68.7 Å². The van der Waals surface area contributed by atoms with Gasteiger partial charge in [-0.05, 0) is 36.8 Å². The van der Waals surface area contributed by atoms with Crippen LogP contribution in [0.15, 0.2) is 59.6 Å². The van der Waals surface area contributed by atoms with Crippen molar-refractivity contribution >= 4 is 11.6 Å². The molecule has 1 aliphatic heterocycles. The van der Waals surface area contributed by atoms with Crippen molar-refractivity contribution in [2.24, 2.45) is 4.99 Å². The molecule has 1 unspecified atom stereocenters. The van der Waals surface area contributed by atoms with Crippen molar-refractivity contribution in [1.29, 1.82) is 0 Å². The molecule has 0 aromatic heterocycles. The second-order valence-electron chi connectivity index (χ2n) is 7.37. The number of nitrogens with one attached hydrogen (secondary N) is 2. The highest BCUT2D eigenvalue weighted by molar-refractivity contribution is 5.79. The van der Waals surface area contributed by atoms with Crippen LogP contribution in [0.1, 0.15) is 12.5 Å². The number of methoxy groups -OCH3 is 1. The van der Waals surface area contributed by atoms with Gasteiger partial charge in [-0.3, -0.25) is 9.89 Å². The summed E-state index contributed by atoms with van der Waals surface area (Å²) >= 11 is 0. The standard InChI is InChI=1S/C23H33N5O/c1-19(27-12-14-28(15-13-27)21-9-5-4-6-10-21)17-25-23(24-2)26-18-20-8-7-11-22(16-20)29-3/h4-11,16,19H,12-15,17-18H2,1-3H3,(H2,24,25,26). The Bertz CT molecular complexity index is 772. The Balaban J connectivity index is 1.41. The molecule has 0 bridgehead atoms. The molecule has 1 fully saturated rings. The smallest absolute Gasteiger partial charge is 0.191 e. The number of guanidine groups is 1. The summed E-state index contributed by atoms with van der Waals surface area (Å²) in [7, 11) is 3.50. The number of benzene rings is 2. The quantitative estimate of drug-likeness (QED) is 0.557. The zero-order valence-corrected chi connectivity index (χ0v) is 17.8. The molecule has 0 radical (unpaired) electrons. The van der Waals surface area contributed by atoms with Crippen molar-refractivity contribution in [3.05, 3.63) is 60.2 Å². The van der Waals surface area contributed by atoms with E-state index in [-0.39, 0.29) is 0 Å². The summed E-state index contributed by atoms with van der Waals surface area (Å²) in [5, 5.41) is 6.84. The van der Waals surface area contributed by atoms with Crippen LogP contribution in [0, 0.1) is 0 Å². The number of ether oxygens (including phenoxy) is 1. The summed E-state index contributed by atoms with van der Waals surface area (Å²) in [6.45, 7) is 8.14. The van der Waals surface area contributed by atoms with E-state index in [0.29, 0.717) is 12.6 Å². The normalized spacial score (nSPS) is 16.4. The lowest BCUT2D eigenvalue weighted by Crippen LogP contribution is -2.53. The Morgan fingerprint density at radius 2 is 1.79 bits per heavy atom. The van der Waals surface area contributed by atoms with E-state index in [1.165, 1.54) is 5.69 Å². The van der Waals surface area contributed by atoms with Crippen LogP contribution >= 0.6 is 0 Å². The third kappa shape index (κ3) is 6.12. The average Bonchev–Trinajstić information content (AvgIpc) is 2.80. The first-order chi connectivity index (χ1) is 14.2. The van der Waals surface area contributed by atoms with E-state index < -0.39 is 0 Å². The lowest BCUT2D eigenvalue weighted by atomic mass is 10.2. The van der Waals surface area contributed by atoms with E-state index in [0.717, 1.165) is 50.0 Å². The minimum absolute atomic E-state index is 0.447. The molecule has 6 heteroatoms. The molecule has 1 atom stereocenters. The third-order valence-corrected chi connectivity index (χ3v) is 5.44. The maximum Gasteiger partial charge on any atom is 0.191 e.